The number of aromatic nitrogens is 1. The summed E-state index contributed by atoms with van der Waals surface area (Å²) in [4.78, 5) is 18.7. The van der Waals surface area contributed by atoms with Gasteiger partial charge in [-0.05, 0) is 42.8 Å². The van der Waals surface area contributed by atoms with E-state index in [-0.39, 0.29) is 5.91 Å². The number of benzene rings is 2. The van der Waals surface area contributed by atoms with Crippen molar-refractivity contribution in [1.29, 1.82) is 0 Å². The van der Waals surface area contributed by atoms with Gasteiger partial charge in [0.25, 0.3) is 5.91 Å². The van der Waals surface area contributed by atoms with Gasteiger partial charge in [-0.2, -0.15) is 4.99 Å². The average molecular weight is 391 g/mol. The predicted molar refractivity (Wildman–Crippen MR) is 108 cm³/mol. The number of fused-ring (bicyclic) bond motifs is 1. The Kier molecular flexibility index (Phi) is 5.37. The molecule has 0 fully saturated rings. The van der Waals surface area contributed by atoms with Gasteiger partial charge in [0, 0.05) is 27.8 Å². The molecular weight excluding hydrogens is 372 g/mol. The molecule has 3 aromatic rings. The molecule has 6 heteroatoms. The number of nitrogens with zero attached hydrogens (tertiary/aromatic N) is 2. The van der Waals surface area contributed by atoms with Gasteiger partial charge in [-0.25, -0.2) is 0 Å². The van der Waals surface area contributed by atoms with Gasteiger partial charge in [0.15, 0.2) is 4.80 Å². The van der Waals surface area contributed by atoms with Crippen LogP contribution in [0.25, 0.3) is 10.2 Å². The van der Waals surface area contributed by atoms with Crippen LogP contribution in [0.2, 0.25) is 5.02 Å². The van der Waals surface area contributed by atoms with Crippen LogP contribution in [0.1, 0.15) is 29.8 Å². The molecule has 0 N–H and O–H groups in total. The van der Waals surface area contributed by atoms with Crippen molar-refractivity contribution in [1.82, 2.24) is 4.57 Å². The standard InChI is InChI=1S/C19H19ClN2OS2/c1-11(2)24-14-7-5-6-13(10-14)18(23)21-19-22(4)17-12(3)15(20)8-9-16(17)25-19/h5-11H,1-4H3. The van der Waals surface area contributed by atoms with Crippen molar-refractivity contribution in [3.05, 3.63) is 57.3 Å². The van der Waals surface area contributed by atoms with Crippen LogP contribution in [0, 0.1) is 6.92 Å². The van der Waals surface area contributed by atoms with Crippen LogP contribution in [0.4, 0.5) is 0 Å². The summed E-state index contributed by atoms with van der Waals surface area (Å²) in [6.45, 7) is 6.25. The molecule has 3 nitrogen and oxygen atoms in total. The molecule has 0 aliphatic rings. The van der Waals surface area contributed by atoms with E-state index >= 15 is 0 Å². The predicted octanol–water partition coefficient (Wildman–Crippen LogP) is 5.44. The number of thioether (sulfide) groups is 1. The Morgan fingerprint density at radius 1 is 1.28 bits per heavy atom. The second-order valence-electron chi connectivity index (χ2n) is 6.07. The first-order chi connectivity index (χ1) is 11.9. The maximum absolute atomic E-state index is 12.6. The lowest BCUT2D eigenvalue weighted by Crippen LogP contribution is -2.13. The van der Waals surface area contributed by atoms with Crippen molar-refractivity contribution < 1.29 is 4.79 Å². The highest BCUT2D eigenvalue weighted by Crippen LogP contribution is 2.27. The number of rotatable bonds is 3. The van der Waals surface area contributed by atoms with Crippen molar-refractivity contribution in [2.45, 2.75) is 30.9 Å². The highest BCUT2D eigenvalue weighted by atomic mass is 35.5. The van der Waals surface area contributed by atoms with Crippen LogP contribution in [0.15, 0.2) is 46.3 Å². The summed E-state index contributed by atoms with van der Waals surface area (Å²) in [7, 11) is 1.92. The normalized spacial score (nSPS) is 12.3. The topological polar surface area (TPSA) is 34.4 Å². The van der Waals surface area contributed by atoms with E-state index in [4.69, 9.17) is 11.6 Å². The van der Waals surface area contributed by atoms with E-state index in [1.54, 1.807) is 11.8 Å². The quantitative estimate of drug-likeness (QED) is 0.558. The summed E-state index contributed by atoms with van der Waals surface area (Å²) in [6, 6.07) is 11.5. The molecule has 130 valence electrons. The molecule has 0 aliphatic heterocycles. The number of halogens is 1. The largest absolute Gasteiger partial charge is 0.319 e. The van der Waals surface area contributed by atoms with E-state index in [9.17, 15) is 4.79 Å². The first kappa shape index (κ1) is 18.2. The summed E-state index contributed by atoms with van der Waals surface area (Å²) in [6.07, 6.45) is 0. The van der Waals surface area contributed by atoms with Crippen molar-refractivity contribution in [2.24, 2.45) is 12.0 Å². The van der Waals surface area contributed by atoms with Gasteiger partial charge in [0.2, 0.25) is 0 Å². The Morgan fingerprint density at radius 3 is 2.76 bits per heavy atom. The van der Waals surface area contributed by atoms with Gasteiger partial charge in [-0.1, -0.05) is 42.9 Å². The van der Waals surface area contributed by atoms with Gasteiger partial charge in [-0.15, -0.1) is 11.8 Å². The number of hydrogen-bond acceptors (Lipinski definition) is 3. The molecule has 0 unspecified atom stereocenters. The number of carbonyl (C=O) groups is 1. The van der Waals surface area contributed by atoms with E-state index in [0.717, 1.165) is 25.7 Å². The highest BCUT2D eigenvalue weighted by Gasteiger charge is 2.11. The van der Waals surface area contributed by atoms with Gasteiger partial charge in [0.1, 0.15) is 0 Å². The minimum Gasteiger partial charge on any atom is -0.319 e. The Bertz CT molecular complexity index is 1020. The molecule has 0 bridgehead atoms. The van der Waals surface area contributed by atoms with Gasteiger partial charge in [0.05, 0.1) is 10.2 Å². The minimum absolute atomic E-state index is 0.225. The van der Waals surface area contributed by atoms with Crippen LogP contribution in [0.5, 0.6) is 0 Å². The SMILES string of the molecule is Cc1c(Cl)ccc2sc(=NC(=O)c3cccc(SC(C)C)c3)n(C)c12. The van der Waals surface area contributed by atoms with E-state index < -0.39 is 0 Å². The second kappa shape index (κ2) is 7.36. The van der Waals surface area contributed by atoms with Crippen molar-refractivity contribution in [3.8, 4) is 0 Å². The fraction of sp³-hybridized carbons (Fsp3) is 0.263. The van der Waals surface area contributed by atoms with E-state index in [1.165, 1.54) is 11.3 Å². The number of amides is 1. The summed E-state index contributed by atoms with van der Waals surface area (Å²) in [5, 5.41) is 1.19. The molecule has 0 atom stereocenters. The minimum atomic E-state index is -0.225. The lowest BCUT2D eigenvalue weighted by atomic mass is 10.2. The molecule has 0 saturated carbocycles. The third-order valence-corrected chi connectivity index (χ3v) is 6.31. The zero-order valence-corrected chi connectivity index (χ0v) is 16.9. The van der Waals surface area contributed by atoms with E-state index in [0.29, 0.717) is 15.6 Å². The Hall–Kier alpha value is -1.56. The molecule has 3 rings (SSSR count). The van der Waals surface area contributed by atoms with Gasteiger partial charge < -0.3 is 4.57 Å². The number of aryl methyl sites for hydroxylation is 2. The van der Waals surface area contributed by atoms with Crippen LogP contribution in [-0.2, 0) is 7.05 Å². The average Bonchev–Trinajstić information content (AvgIpc) is 2.87. The zero-order valence-electron chi connectivity index (χ0n) is 14.5. The molecule has 1 amide bonds. The third kappa shape index (κ3) is 3.84. The lowest BCUT2D eigenvalue weighted by molar-refractivity contribution is 0.0997. The van der Waals surface area contributed by atoms with E-state index in [2.05, 4.69) is 18.8 Å². The van der Waals surface area contributed by atoms with Crippen LogP contribution >= 0.6 is 34.7 Å². The molecule has 25 heavy (non-hydrogen) atoms. The molecule has 1 aromatic heterocycles. The van der Waals surface area contributed by atoms with Crippen molar-refractivity contribution in [2.75, 3.05) is 0 Å². The molecule has 1 heterocycles. The summed E-state index contributed by atoms with van der Waals surface area (Å²) in [5.74, 6) is -0.225. The Morgan fingerprint density at radius 2 is 2.04 bits per heavy atom. The van der Waals surface area contributed by atoms with Crippen molar-refractivity contribution in [3.63, 3.8) is 0 Å². The molecular formula is C19H19ClN2OS2. The second-order valence-corrected chi connectivity index (χ2v) is 9.14. The maximum Gasteiger partial charge on any atom is 0.279 e. The molecule has 0 aliphatic carbocycles. The van der Waals surface area contributed by atoms with Gasteiger partial charge >= 0.3 is 0 Å². The number of thiazole rings is 1. The molecule has 0 spiro atoms. The first-order valence-electron chi connectivity index (χ1n) is 7.97. The van der Waals surface area contributed by atoms with Gasteiger partial charge in [-0.3, -0.25) is 4.79 Å². The highest BCUT2D eigenvalue weighted by molar-refractivity contribution is 7.99. The first-order valence-corrected chi connectivity index (χ1v) is 10.0. The van der Waals surface area contributed by atoms with Crippen LogP contribution in [-0.4, -0.2) is 15.7 Å². The summed E-state index contributed by atoms with van der Waals surface area (Å²) >= 11 is 9.45. The Balaban J connectivity index is 2.04. The van der Waals surface area contributed by atoms with Crippen LogP contribution in [0.3, 0.4) is 0 Å². The fourth-order valence-electron chi connectivity index (χ4n) is 2.64. The molecule has 2 aromatic carbocycles. The number of hydrogen-bond donors (Lipinski definition) is 0. The molecule has 0 saturated heterocycles. The Labute approximate surface area is 160 Å². The summed E-state index contributed by atoms with van der Waals surface area (Å²) < 4.78 is 3.01. The van der Waals surface area contributed by atoms with Crippen molar-refractivity contribution >= 4 is 50.8 Å². The maximum atomic E-state index is 12.6. The third-order valence-electron chi connectivity index (χ3n) is 3.80. The monoisotopic (exact) mass is 390 g/mol. The summed E-state index contributed by atoms with van der Waals surface area (Å²) in [5.41, 5.74) is 2.63. The fourth-order valence-corrected chi connectivity index (χ4v) is 4.76. The lowest BCUT2D eigenvalue weighted by Gasteiger charge is -2.05. The number of carbonyl (C=O) groups excluding carboxylic acids is 1. The van der Waals surface area contributed by atoms with E-state index in [1.807, 2.05) is 54.9 Å². The smallest absolute Gasteiger partial charge is 0.279 e. The van der Waals surface area contributed by atoms with Crippen LogP contribution < -0.4 is 4.80 Å². The molecule has 0 radical (unpaired) electrons. The zero-order chi connectivity index (χ0) is 18.1.